The molecule has 20 heavy (non-hydrogen) atoms. The number of carbonyl (C=O) groups excluding carboxylic acids is 1. The summed E-state index contributed by atoms with van der Waals surface area (Å²) in [7, 11) is 0. The highest BCUT2D eigenvalue weighted by Gasteiger charge is 2.16. The second-order valence-corrected chi connectivity index (χ2v) is 5.60. The van der Waals surface area contributed by atoms with E-state index in [0.29, 0.717) is 6.54 Å². The fourth-order valence-electron chi connectivity index (χ4n) is 1.92. The summed E-state index contributed by atoms with van der Waals surface area (Å²) >= 11 is 0. The minimum Gasteiger partial charge on any atom is -0.444 e. The minimum atomic E-state index is -0.485. The molecule has 0 radical (unpaired) electrons. The van der Waals surface area contributed by atoms with E-state index in [-0.39, 0.29) is 0 Å². The molecule has 0 bridgehead atoms. The number of anilines is 1. The molecule has 0 saturated heterocycles. The van der Waals surface area contributed by atoms with Crippen molar-refractivity contribution in [3.63, 3.8) is 0 Å². The van der Waals surface area contributed by atoms with Gasteiger partial charge in [0.15, 0.2) is 0 Å². The lowest BCUT2D eigenvalue weighted by Gasteiger charge is -2.20. The van der Waals surface area contributed by atoms with Crippen molar-refractivity contribution in [2.45, 2.75) is 26.4 Å². The molecule has 1 aromatic rings. The molecule has 1 amide bonds. The van der Waals surface area contributed by atoms with Gasteiger partial charge in [0.25, 0.3) is 0 Å². The van der Waals surface area contributed by atoms with Crippen molar-refractivity contribution in [1.29, 1.82) is 0 Å². The van der Waals surface area contributed by atoms with E-state index < -0.39 is 11.7 Å². The molecule has 0 aliphatic carbocycles. The zero-order chi connectivity index (χ0) is 14.6. The zero-order valence-electron chi connectivity index (χ0n) is 12.1. The molecule has 0 atom stereocenters. The van der Waals surface area contributed by atoms with Gasteiger partial charge < -0.3 is 15.4 Å². The van der Waals surface area contributed by atoms with Gasteiger partial charge in [0, 0.05) is 24.0 Å². The molecule has 1 heterocycles. The quantitative estimate of drug-likeness (QED) is 0.866. The second kappa shape index (κ2) is 5.82. The molecule has 0 spiro atoms. The average Bonchev–Trinajstić information content (AvgIpc) is 2.56. The highest BCUT2D eigenvalue weighted by Crippen LogP contribution is 2.25. The number of allylic oxidation sites excluding steroid dienone is 2. The number of para-hydroxylation sites is 1. The van der Waals surface area contributed by atoms with Gasteiger partial charge in [0.1, 0.15) is 5.60 Å². The van der Waals surface area contributed by atoms with Crippen molar-refractivity contribution in [2.75, 3.05) is 11.9 Å². The molecule has 0 unspecified atom stereocenters. The maximum absolute atomic E-state index is 11.7. The van der Waals surface area contributed by atoms with Gasteiger partial charge in [-0.2, -0.15) is 0 Å². The van der Waals surface area contributed by atoms with E-state index >= 15 is 0 Å². The second-order valence-electron chi connectivity index (χ2n) is 5.60. The predicted octanol–water partition coefficient (Wildman–Crippen LogP) is 3.53. The Hall–Kier alpha value is -2.23. The predicted molar refractivity (Wildman–Crippen MR) is 81.4 cm³/mol. The van der Waals surface area contributed by atoms with Crippen LogP contribution in [-0.4, -0.2) is 18.2 Å². The Labute approximate surface area is 119 Å². The smallest absolute Gasteiger partial charge is 0.407 e. The van der Waals surface area contributed by atoms with Crippen LogP contribution in [0.5, 0.6) is 0 Å². The van der Waals surface area contributed by atoms with Gasteiger partial charge >= 0.3 is 6.09 Å². The number of fused-ring (bicyclic) bond motifs is 1. The Kier molecular flexibility index (Phi) is 4.13. The Morgan fingerprint density at radius 2 is 2.05 bits per heavy atom. The van der Waals surface area contributed by atoms with Crippen molar-refractivity contribution in [2.24, 2.45) is 0 Å². The largest absolute Gasteiger partial charge is 0.444 e. The van der Waals surface area contributed by atoms with Crippen molar-refractivity contribution >= 4 is 17.4 Å². The van der Waals surface area contributed by atoms with Crippen LogP contribution in [0, 0.1) is 0 Å². The first kappa shape index (κ1) is 14.2. The topological polar surface area (TPSA) is 50.4 Å². The summed E-state index contributed by atoms with van der Waals surface area (Å²) < 4.78 is 5.24. The lowest BCUT2D eigenvalue weighted by molar-refractivity contribution is 0.0535. The molecule has 0 aromatic heterocycles. The molecule has 4 nitrogen and oxygen atoms in total. The zero-order valence-corrected chi connectivity index (χ0v) is 12.1. The summed E-state index contributed by atoms with van der Waals surface area (Å²) in [5, 5.41) is 5.99. The maximum Gasteiger partial charge on any atom is 0.407 e. The molecule has 1 aliphatic heterocycles. The highest BCUT2D eigenvalue weighted by atomic mass is 16.6. The molecule has 0 fully saturated rings. The van der Waals surface area contributed by atoms with Crippen molar-refractivity contribution in [3.05, 3.63) is 48.2 Å². The highest BCUT2D eigenvalue weighted by molar-refractivity contribution is 5.81. The van der Waals surface area contributed by atoms with Gasteiger partial charge in [0.05, 0.1) is 0 Å². The number of nitrogens with one attached hydrogen (secondary N) is 2. The first-order chi connectivity index (χ1) is 9.46. The first-order valence-electron chi connectivity index (χ1n) is 6.64. The molecule has 2 rings (SSSR count). The van der Waals surface area contributed by atoms with Crippen LogP contribution < -0.4 is 10.6 Å². The maximum atomic E-state index is 11.7. The van der Waals surface area contributed by atoms with Gasteiger partial charge in [-0.3, -0.25) is 0 Å². The van der Waals surface area contributed by atoms with Crippen molar-refractivity contribution in [3.8, 4) is 0 Å². The summed E-state index contributed by atoms with van der Waals surface area (Å²) in [6, 6.07) is 7.99. The van der Waals surface area contributed by atoms with Gasteiger partial charge in [-0.25, -0.2) is 4.79 Å². The summed E-state index contributed by atoms with van der Waals surface area (Å²) in [6.45, 7) is 5.97. The molecular weight excluding hydrogens is 252 g/mol. The monoisotopic (exact) mass is 272 g/mol. The Morgan fingerprint density at radius 3 is 2.80 bits per heavy atom. The van der Waals surface area contributed by atoms with E-state index in [4.69, 9.17) is 4.74 Å². The first-order valence-corrected chi connectivity index (χ1v) is 6.64. The lowest BCUT2D eigenvalue weighted by Crippen LogP contribution is -2.33. The van der Waals surface area contributed by atoms with Crippen LogP contribution in [0.2, 0.25) is 0 Å². The number of carbonyl (C=O) groups is 1. The third-order valence-electron chi connectivity index (χ3n) is 2.73. The third-order valence-corrected chi connectivity index (χ3v) is 2.73. The van der Waals surface area contributed by atoms with E-state index in [1.165, 1.54) is 0 Å². The standard InChI is InChI=1S/C16H20N2O2/c1-16(2,3)20-15(19)18-11-12-7-6-10-17-14-9-5-4-8-13(12)14/h4-10,17H,11H2,1-3H3,(H,18,19). The van der Waals surface area contributed by atoms with E-state index in [9.17, 15) is 4.79 Å². The molecule has 2 N–H and O–H groups in total. The van der Waals surface area contributed by atoms with Crippen molar-refractivity contribution in [1.82, 2.24) is 5.32 Å². The Balaban J connectivity index is 2.05. The van der Waals surface area contributed by atoms with E-state index in [0.717, 1.165) is 16.8 Å². The number of alkyl carbamates (subject to hydrolysis) is 1. The normalized spacial score (nSPS) is 13.7. The fourth-order valence-corrected chi connectivity index (χ4v) is 1.92. The minimum absolute atomic E-state index is 0.405. The number of hydrogen-bond acceptors (Lipinski definition) is 3. The SMILES string of the molecule is CC(C)(C)OC(=O)NCC1=CC=CNc2ccccc21. The number of benzene rings is 1. The molecule has 1 aliphatic rings. The number of hydrogen-bond donors (Lipinski definition) is 2. The number of rotatable bonds is 2. The molecular formula is C16H20N2O2. The lowest BCUT2D eigenvalue weighted by atomic mass is 10.0. The number of ether oxygens (including phenoxy) is 1. The fraction of sp³-hybridized carbons (Fsp3) is 0.312. The van der Waals surface area contributed by atoms with Crippen LogP contribution in [0.3, 0.4) is 0 Å². The van der Waals surface area contributed by atoms with Crippen LogP contribution in [0.1, 0.15) is 26.3 Å². The van der Waals surface area contributed by atoms with Gasteiger partial charge in [-0.15, -0.1) is 0 Å². The van der Waals surface area contributed by atoms with Gasteiger partial charge in [0.2, 0.25) is 0 Å². The van der Waals surface area contributed by atoms with Gasteiger partial charge in [-0.1, -0.05) is 24.3 Å². The van der Waals surface area contributed by atoms with Crippen LogP contribution in [0.25, 0.3) is 5.57 Å². The molecule has 4 heteroatoms. The summed E-state index contributed by atoms with van der Waals surface area (Å²) in [4.78, 5) is 11.7. The van der Waals surface area contributed by atoms with Crippen LogP contribution >= 0.6 is 0 Å². The average molecular weight is 272 g/mol. The Morgan fingerprint density at radius 1 is 1.30 bits per heavy atom. The van der Waals surface area contributed by atoms with E-state index in [2.05, 4.69) is 10.6 Å². The third kappa shape index (κ3) is 3.88. The van der Waals surface area contributed by atoms with Gasteiger partial charge in [-0.05, 0) is 38.5 Å². The van der Waals surface area contributed by atoms with Crippen LogP contribution in [0.4, 0.5) is 10.5 Å². The summed E-state index contributed by atoms with van der Waals surface area (Å²) in [6.07, 6.45) is 5.37. The summed E-state index contributed by atoms with van der Waals surface area (Å²) in [5.41, 5.74) is 2.65. The van der Waals surface area contributed by atoms with E-state index in [1.54, 1.807) is 0 Å². The summed E-state index contributed by atoms with van der Waals surface area (Å²) in [5.74, 6) is 0. The molecule has 106 valence electrons. The van der Waals surface area contributed by atoms with E-state index in [1.807, 2.05) is 63.4 Å². The van der Waals surface area contributed by atoms with Crippen molar-refractivity contribution < 1.29 is 9.53 Å². The Bertz CT molecular complexity index is 554. The number of amides is 1. The molecule has 1 aromatic carbocycles. The molecule has 0 saturated carbocycles. The van der Waals surface area contributed by atoms with Crippen LogP contribution in [0.15, 0.2) is 42.6 Å². The van der Waals surface area contributed by atoms with Crippen LogP contribution in [-0.2, 0) is 4.74 Å².